The zero-order valence-corrected chi connectivity index (χ0v) is 9.17. The third-order valence-electron chi connectivity index (χ3n) is 1.97. The van der Waals surface area contributed by atoms with E-state index in [1.54, 1.807) is 28.5 Å². The number of nitrogens with two attached hydrogens (primary N) is 1. The normalized spacial score (nSPS) is 12.7. The van der Waals surface area contributed by atoms with Crippen LogP contribution in [0.5, 0.6) is 0 Å². The number of nitrogens with zero attached hydrogens (tertiary/aromatic N) is 1. The van der Waals surface area contributed by atoms with Crippen molar-refractivity contribution in [3.63, 3.8) is 0 Å². The summed E-state index contributed by atoms with van der Waals surface area (Å²) in [6.45, 7) is 3.54. The summed E-state index contributed by atoms with van der Waals surface area (Å²) < 4.78 is 1.72. The quantitative estimate of drug-likeness (QED) is 0.790. The largest absolute Gasteiger partial charge is 0.329 e. The zero-order chi connectivity index (χ0) is 10.4. The van der Waals surface area contributed by atoms with Gasteiger partial charge in [0.25, 0.3) is 5.56 Å². The van der Waals surface area contributed by atoms with Crippen LogP contribution < -0.4 is 11.3 Å². The molecule has 3 nitrogen and oxygen atoms in total. The number of hydrogen-bond donors (Lipinski definition) is 1. The first-order valence-corrected chi connectivity index (χ1v) is 5.76. The summed E-state index contributed by atoms with van der Waals surface area (Å²) in [7, 11) is 0. The molecule has 0 fully saturated rings. The molecule has 1 unspecified atom stereocenters. The fraction of sp³-hybridized carbons (Fsp3) is 0.500. The third-order valence-corrected chi connectivity index (χ3v) is 3.15. The highest BCUT2D eigenvalue weighted by atomic mass is 32.2. The highest BCUT2D eigenvalue weighted by Crippen LogP contribution is 2.08. The molecule has 1 atom stereocenters. The molecule has 14 heavy (non-hydrogen) atoms. The molecule has 1 heterocycles. The van der Waals surface area contributed by atoms with Crippen molar-refractivity contribution in [2.75, 3.05) is 12.3 Å². The Labute approximate surface area is 88.3 Å². The van der Waals surface area contributed by atoms with E-state index < -0.39 is 0 Å². The Morgan fingerprint density at radius 3 is 3.00 bits per heavy atom. The highest BCUT2D eigenvalue weighted by molar-refractivity contribution is 7.99. The van der Waals surface area contributed by atoms with Crippen LogP contribution in [0.25, 0.3) is 0 Å². The molecule has 0 radical (unpaired) electrons. The minimum atomic E-state index is 0.0634. The summed E-state index contributed by atoms with van der Waals surface area (Å²) in [5.74, 6) is 0.933. The number of thioether (sulfide) groups is 1. The SMILES string of the molecule is CC(CN)SCCn1ccccc1=O. The molecule has 0 amide bonds. The monoisotopic (exact) mass is 212 g/mol. The van der Waals surface area contributed by atoms with Crippen LogP contribution in [0.15, 0.2) is 29.2 Å². The van der Waals surface area contributed by atoms with E-state index in [-0.39, 0.29) is 5.56 Å². The average molecular weight is 212 g/mol. The Kier molecular flexibility index (Phi) is 4.76. The van der Waals surface area contributed by atoms with Gasteiger partial charge in [0.15, 0.2) is 0 Å². The van der Waals surface area contributed by atoms with Crippen LogP contribution in [0.1, 0.15) is 6.92 Å². The molecule has 0 aliphatic carbocycles. The van der Waals surface area contributed by atoms with Crippen molar-refractivity contribution in [2.45, 2.75) is 18.7 Å². The van der Waals surface area contributed by atoms with Gasteiger partial charge >= 0.3 is 0 Å². The zero-order valence-electron chi connectivity index (χ0n) is 8.35. The van der Waals surface area contributed by atoms with E-state index in [0.29, 0.717) is 11.8 Å². The summed E-state index contributed by atoms with van der Waals surface area (Å²) in [6, 6.07) is 5.21. The third kappa shape index (κ3) is 3.55. The first-order chi connectivity index (χ1) is 6.74. The molecule has 4 heteroatoms. The van der Waals surface area contributed by atoms with Crippen LogP contribution >= 0.6 is 11.8 Å². The molecule has 0 saturated carbocycles. The predicted octanol–water partition coefficient (Wildman–Crippen LogP) is 0.929. The topological polar surface area (TPSA) is 48.0 Å². The molecule has 1 aromatic heterocycles. The Hall–Kier alpha value is -0.740. The van der Waals surface area contributed by atoms with Crippen molar-refractivity contribution in [1.29, 1.82) is 0 Å². The minimum Gasteiger partial charge on any atom is -0.329 e. The fourth-order valence-electron chi connectivity index (χ4n) is 1.07. The molecule has 0 aliphatic rings. The second-order valence-electron chi connectivity index (χ2n) is 3.15. The Morgan fingerprint density at radius 1 is 1.57 bits per heavy atom. The Morgan fingerprint density at radius 2 is 2.36 bits per heavy atom. The van der Waals surface area contributed by atoms with Crippen LogP contribution in [0.3, 0.4) is 0 Å². The lowest BCUT2D eigenvalue weighted by molar-refractivity contribution is 0.733. The highest BCUT2D eigenvalue weighted by Gasteiger charge is 1.99. The standard InChI is InChI=1S/C10H16N2OS/c1-9(8-11)14-7-6-12-5-3-2-4-10(12)13/h2-5,9H,6-8,11H2,1H3. The summed E-state index contributed by atoms with van der Waals surface area (Å²) in [6.07, 6.45) is 1.82. The molecule has 0 aromatic carbocycles. The van der Waals surface area contributed by atoms with Crippen LogP contribution in [-0.2, 0) is 6.54 Å². The van der Waals surface area contributed by atoms with Gasteiger partial charge in [-0.3, -0.25) is 4.79 Å². The van der Waals surface area contributed by atoms with Gasteiger partial charge in [-0.25, -0.2) is 0 Å². The van der Waals surface area contributed by atoms with Crippen molar-refractivity contribution in [2.24, 2.45) is 5.73 Å². The molecule has 0 saturated heterocycles. The molecule has 0 bridgehead atoms. The second-order valence-corrected chi connectivity index (χ2v) is 4.70. The maximum absolute atomic E-state index is 11.3. The van der Waals surface area contributed by atoms with Gasteiger partial charge in [-0.05, 0) is 6.07 Å². The molecular weight excluding hydrogens is 196 g/mol. The number of aryl methyl sites for hydroxylation is 1. The van der Waals surface area contributed by atoms with Crippen molar-refractivity contribution in [1.82, 2.24) is 4.57 Å². The first kappa shape index (κ1) is 11.3. The predicted molar refractivity (Wildman–Crippen MR) is 61.7 cm³/mol. The van der Waals surface area contributed by atoms with E-state index in [4.69, 9.17) is 5.73 Å². The minimum absolute atomic E-state index is 0.0634. The fourth-order valence-corrected chi connectivity index (χ4v) is 1.91. The molecule has 0 spiro atoms. The Balaban J connectivity index is 2.39. The van der Waals surface area contributed by atoms with Gasteiger partial charge in [-0.2, -0.15) is 11.8 Å². The number of rotatable bonds is 5. The number of aromatic nitrogens is 1. The molecular formula is C10H16N2OS. The van der Waals surface area contributed by atoms with Crippen molar-refractivity contribution >= 4 is 11.8 Å². The van der Waals surface area contributed by atoms with Crippen LogP contribution in [0, 0.1) is 0 Å². The van der Waals surface area contributed by atoms with Gasteiger partial charge in [0.05, 0.1) is 0 Å². The number of pyridine rings is 1. The van der Waals surface area contributed by atoms with Crippen LogP contribution in [0.4, 0.5) is 0 Å². The van der Waals surface area contributed by atoms with Crippen LogP contribution in [0.2, 0.25) is 0 Å². The van der Waals surface area contributed by atoms with E-state index >= 15 is 0 Å². The average Bonchev–Trinajstić information content (AvgIpc) is 2.20. The van der Waals surface area contributed by atoms with Crippen molar-refractivity contribution in [3.05, 3.63) is 34.7 Å². The van der Waals surface area contributed by atoms with Gasteiger partial charge < -0.3 is 10.3 Å². The summed E-state index contributed by atoms with van der Waals surface area (Å²) in [5.41, 5.74) is 5.56. The van der Waals surface area contributed by atoms with Crippen molar-refractivity contribution < 1.29 is 0 Å². The molecule has 1 aromatic rings. The number of hydrogen-bond acceptors (Lipinski definition) is 3. The Bertz CT molecular complexity index is 324. The lowest BCUT2D eigenvalue weighted by Crippen LogP contribution is -2.20. The smallest absolute Gasteiger partial charge is 0.250 e. The summed E-state index contributed by atoms with van der Waals surface area (Å²) in [5, 5.41) is 0.467. The van der Waals surface area contributed by atoms with Gasteiger partial charge in [0.1, 0.15) is 0 Å². The van der Waals surface area contributed by atoms with E-state index in [1.165, 1.54) is 0 Å². The summed E-state index contributed by atoms with van der Waals surface area (Å²) in [4.78, 5) is 11.3. The lowest BCUT2D eigenvalue weighted by Gasteiger charge is -2.08. The van der Waals surface area contributed by atoms with Gasteiger partial charge in [0, 0.05) is 36.4 Å². The van der Waals surface area contributed by atoms with Crippen LogP contribution in [-0.4, -0.2) is 22.1 Å². The maximum atomic E-state index is 11.3. The lowest BCUT2D eigenvalue weighted by atomic mass is 10.5. The van der Waals surface area contributed by atoms with Crippen molar-refractivity contribution in [3.8, 4) is 0 Å². The molecule has 1 rings (SSSR count). The molecule has 0 aliphatic heterocycles. The molecule has 2 N–H and O–H groups in total. The van der Waals surface area contributed by atoms with E-state index in [0.717, 1.165) is 12.3 Å². The van der Waals surface area contributed by atoms with E-state index in [9.17, 15) is 4.79 Å². The van der Waals surface area contributed by atoms with E-state index in [2.05, 4.69) is 6.92 Å². The van der Waals surface area contributed by atoms with Gasteiger partial charge in [-0.15, -0.1) is 0 Å². The first-order valence-electron chi connectivity index (χ1n) is 4.71. The van der Waals surface area contributed by atoms with Gasteiger partial charge in [-0.1, -0.05) is 13.0 Å². The summed E-state index contributed by atoms with van der Waals surface area (Å²) >= 11 is 1.80. The van der Waals surface area contributed by atoms with Gasteiger partial charge in [0.2, 0.25) is 0 Å². The maximum Gasteiger partial charge on any atom is 0.250 e. The van der Waals surface area contributed by atoms with E-state index in [1.807, 2.05) is 12.3 Å². The molecule has 78 valence electrons. The second kappa shape index (κ2) is 5.88.